The van der Waals surface area contributed by atoms with Crippen LogP contribution in [0.4, 0.5) is 0 Å². The Labute approximate surface area is 244 Å². The number of carbonyl (C=O) groups excluding carboxylic acids is 1. The Morgan fingerprint density at radius 2 is 1.00 bits per heavy atom. The minimum Gasteiger partial charge on any atom is -0.396 e. The van der Waals surface area contributed by atoms with E-state index in [1.165, 1.54) is 135 Å². The van der Waals surface area contributed by atoms with Crippen LogP contribution in [-0.4, -0.2) is 35.4 Å². The summed E-state index contributed by atoms with van der Waals surface area (Å²) in [7, 11) is 0. The number of aliphatic hydroxyl groups excluding tert-OH is 2. The molecule has 0 aliphatic carbocycles. The van der Waals surface area contributed by atoms with Crippen molar-refractivity contribution >= 4 is 5.91 Å². The van der Waals surface area contributed by atoms with Gasteiger partial charge in [0.15, 0.2) is 0 Å². The summed E-state index contributed by atoms with van der Waals surface area (Å²) >= 11 is 0. The molecule has 4 heteroatoms. The van der Waals surface area contributed by atoms with Crippen molar-refractivity contribution in [1.82, 2.24) is 5.32 Å². The molecule has 0 aromatic rings. The lowest BCUT2D eigenvalue weighted by Gasteiger charge is -2.18. The van der Waals surface area contributed by atoms with Crippen LogP contribution in [0.2, 0.25) is 0 Å². The van der Waals surface area contributed by atoms with Gasteiger partial charge in [0.2, 0.25) is 5.91 Å². The van der Waals surface area contributed by atoms with Crippen molar-refractivity contribution in [2.24, 2.45) is 5.92 Å². The molecule has 0 heterocycles. The van der Waals surface area contributed by atoms with Crippen LogP contribution in [0, 0.1) is 5.92 Å². The lowest BCUT2D eigenvalue weighted by molar-refractivity contribution is -0.121. The van der Waals surface area contributed by atoms with E-state index >= 15 is 0 Å². The molecule has 0 radical (unpaired) electrons. The van der Waals surface area contributed by atoms with E-state index < -0.39 is 6.10 Å². The molecule has 4 nitrogen and oxygen atoms in total. The Morgan fingerprint density at radius 3 is 1.41 bits per heavy atom. The summed E-state index contributed by atoms with van der Waals surface area (Å²) in [5.41, 5.74) is 0. The van der Waals surface area contributed by atoms with Gasteiger partial charge in [0.1, 0.15) is 0 Å². The van der Waals surface area contributed by atoms with E-state index in [2.05, 4.69) is 19.2 Å². The van der Waals surface area contributed by atoms with Gasteiger partial charge >= 0.3 is 0 Å². The monoisotopic (exact) mass is 552 g/mol. The highest BCUT2D eigenvalue weighted by Crippen LogP contribution is 2.14. The van der Waals surface area contributed by atoms with Crippen molar-refractivity contribution in [2.75, 3.05) is 13.2 Å². The second kappa shape index (κ2) is 31.7. The zero-order valence-electron chi connectivity index (χ0n) is 26.4. The summed E-state index contributed by atoms with van der Waals surface area (Å²) < 4.78 is 0. The van der Waals surface area contributed by atoms with Gasteiger partial charge in [-0.25, -0.2) is 0 Å². The van der Waals surface area contributed by atoms with Crippen LogP contribution in [0.5, 0.6) is 0 Å². The van der Waals surface area contributed by atoms with Gasteiger partial charge in [0, 0.05) is 18.9 Å². The van der Waals surface area contributed by atoms with Gasteiger partial charge in [0.25, 0.3) is 0 Å². The van der Waals surface area contributed by atoms with Gasteiger partial charge in [-0.05, 0) is 19.3 Å². The molecule has 2 atom stereocenters. The highest BCUT2D eigenvalue weighted by molar-refractivity contribution is 5.75. The summed E-state index contributed by atoms with van der Waals surface area (Å²) in [6.07, 6.45) is 36.2. The number of carbonyl (C=O) groups is 1. The maximum atomic E-state index is 12.2. The van der Waals surface area contributed by atoms with Gasteiger partial charge in [0.05, 0.1) is 12.7 Å². The van der Waals surface area contributed by atoms with Crippen molar-refractivity contribution in [3.8, 4) is 0 Å². The van der Waals surface area contributed by atoms with Gasteiger partial charge < -0.3 is 15.5 Å². The minimum atomic E-state index is -0.709. The SMILES string of the molecule is CCCCCCCCCCCCC/C=C/[C@@H](O)[C@H](CO)CNC(=O)CCCCCCCCCCCCCCC. The van der Waals surface area contributed by atoms with Crippen LogP contribution in [0.15, 0.2) is 12.2 Å². The fourth-order valence-corrected chi connectivity index (χ4v) is 5.25. The third-order valence-electron chi connectivity index (χ3n) is 8.09. The third kappa shape index (κ3) is 28.5. The standard InChI is InChI=1S/C35H69NO3/c1-3-5-7-9-11-13-15-17-19-21-23-25-27-29-34(38)33(32-37)31-36-35(39)30-28-26-24-22-20-18-16-14-12-10-8-6-4-2/h27,29,33-34,37-38H,3-26,28,30-32H2,1-2H3,(H,36,39)/b29-27+/t33-,34+/m0/s1. The van der Waals surface area contributed by atoms with E-state index in [-0.39, 0.29) is 18.4 Å². The average molecular weight is 552 g/mol. The predicted octanol–water partition coefficient (Wildman–Crippen LogP) is 9.81. The van der Waals surface area contributed by atoms with Crippen molar-refractivity contribution in [1.29, 1.82) is 0 Å². The maximum absolute atomic E-state index is 12.2. The average Bonchev–Trinajstić information content (AvgIpc) is 2.94. The van der Waals surface area contributed by atoms with Crippen LogP contribution in [-0.2, 0) is 4.79 Å². The molecule has 39 heavy (non-hydrogen) atoms. The lowest BCUT2D eigenvalue weighted by atomic mass is 10.0. The van der Waals surface area contributed by atoms with Crippen LogP contribution in [0.25, 0.3) is 0 Å². The number of nitrogens with one attached hydrogen (secondary N) is 1. The number of allylic oxidation sites excluding steroid dienone is 1. The number of unbranched alkanes of at least 4 members (excludes halogenated alkanes) is 23. The van der Waals surface area contributed by atoms with E-state index in [9.17, 15) is 15.0 Å². The first-order chi connectivity index (χ1) is 19.2. The first-order valence-corrected chi connectivity index (χ1v) is 17.4. The highest BCUT2D eigenvalue weighted by Gasteiger charge is 2.16. The Morgan fingerprint density at radius 1 is 0.615 bits per heavy atom. The molecule has 0 fully saturated rings. The van der Waals surface area contributed by atoms with Crippen molar-refractivity contribution in [3.05, 3.63) is 12.2 Å². The molecule has 0 saturated heterocycles. The van der Waals surface area contributed by atoms with Crippen LogP contribution in [0.1, 0.15) is 181 Å². The molecule has 232 valence electrons. The second-order valence-electron chi connectivity index (χ2n) is 12.0. The number of aliphatic hydroxyl groups is 2. The molecule has 0 aromatic carbocycles. The Hall–Kier alpha value is -0.870. The van der Waals surface area contributed by atoms with Gasteiger partial charge in [-0.3, -0.25) is 4.79 Å². The normalized spacial score (nSPS) is 13.2. The lowest BCUT2D eigenvalue weighted by Crippen LogP contribution is -2.36. The summed E-state index contributed by atoms with van der Waals surface area (Å²) in [6.45, 7) is 4.74. The number of hydrogen-bond donors (Lipinski definition) is 3. The van der Waals surface area contributed by atoms with E-state index in [0.717, 1.165) is 25.7 Å². The van der Waals surface area contributed by atoms with Gasteiger partial charge in [-0.2, -0.15) is 0 Å². The second-order valence-corrected chi connectivity index (χ2v) is 12.0. The van der Waals surface area contributed by atoms with Crippen LogP contribution in [0.3, 0.4) is 0 Å². The third-order valence-corrected chi connectivity index (χ3v) is 8.09. The number of rotatable bonds is 31. The molecule has 0 unspecified atom stereocenters. The Bertz CT molecular complexity index is 522. The van der Waals surface area contributed by atoms with Gasteiger partial charge in [-0.15, -0.1) is 0 Å². The maximum Gasteiger partial charge on any atom is 0.220 e. The predicted molar refractivity (Wildman–Crippen MR) is 170 cm³/mol. The summed E-state index contributed by atoms with van der Waals surface area (Å²) in [6, 6.07) is 0. The van der Waals surface area contributed by atoms with Crippen molar-refractivity contribution in [3.63, 3.8) is 0 Å². The van der Waals surface area contributed by atoms with Crippen LogP contribution < -0.4 is 5.32 Å². The first kappa shape index (κ1) is 38.1. The van der Waals surface area contributed by atoms with Crippen molar-refractivity contribution < 1.29 is 15.0 Å². The fraction of sp³-hybridized carbons (Fsp3) is 0.914. The molecular formula is C35H69NO3. The summed E-state index contributed by atoms with van der Waals surface area (Å²) in [4.78, 5) is 12.2. The topological polar surface area (TPSA) is 69.6 Å². The Balaban J connectivity index is 3.61. The van der Waals surface area contributed by atoms with Gasteiger partial charge in [-0.1, -0.05) is 167 Å². The van der Waals surface area contributed by atoms with E-state index in [1.54, 1.807) is 6.08 Å². The van der Waals surface area contributed by atoms with Crippen LogP contribution >= 0.6 is 0 Å². The van der Waals surface area contributed by atoms with E-state index in [0.29, 0.717) is 13.0 Å². The van der Waals surface area contributed by atoms with E-state index in [4.69, 9.17) is 0 Å². The number of amides is 1. The summed E-state index contributed by atoms with van der Waals surface area (Å²) in [5, 5.41) is 23.0. The molecule has 0 spiro atoms. The molecular weight excluding hydrogens is 482 g/mol. The molecule has 0 rings (SSSR count). The zero-order valence-corrected chi connectivity index (χ0v) is 26.4. The zero-order chi connectivity index (χ0) is 28.7. The van der Waals surface area contributed by atoms with Crippen molar-refractivity contribution in [2.45, 2.75) is 187 Å². The Kier molecular flexibility index (Phi) is 30.9. The quantitative estimate of drug-likeness (QED) is 0.0593. The highest BCUT2D eigenvalue weighted by atomic mass is 16.3. The molecule has 0 aliphatic heterocycles. The van der Waals surface area contributed by atoms with E-state index in [1.807, 2.05) is 6.08 Å². The molecule has 3 N–H and O–H groups in total. The molecule has 1 amide bonds. The first-order valence-electron chi connectivity index (χ1n) is 17.4. The summed E-state index contributed by atoms with van der Waals surface area (Å²) in [5.74, 6) is -0.303. The molecule has 0 bridgehead atoms. The molecule has 0 saturated carbocycles. The smallest absolute Gasteiger partial charge is 0.220 e. The minimum absolute atomic E-state index is 0.0358. The fourth-order valence-electron chi connectivity index (χ4n) is 5.25. The molecule has 0 aromatic heterocycles. The number of hydrogen-bond acceptors (Lipinski definition) is 3. The largest absolute Gasteiger partial charge is 0.396 e. The molecule has 0 aliphatic rings.